The van der Waals surface area contributed by atoms with Crippen LogP contribution in [-0.4, -0.2) is 67.5 Å². The Labute approximate surface area is 245 Å². The van der Waals surface area contributed by atoms with Crippen LogP contribution in [0.5, 0.6) is 0 Å². The molecular weight excluding hydrogens is 615 g/mol. The number of alkyl halides is 5. The van der Waals surface area contributed by atoms with Gasteiger partial charge in [0.05, 0.1) is 28.1 Å². The number of pyridine rings is 2. The average molecular weight is 637 g/mol. The maximum Gasteiger partial charge on any atom is 0.458 e. The zero-order valence-corrected chi connectivity index (χ0v) is 23.8. The van der Waals surface area contributed by atoms with E-state index in [1.165, 1.54) is 54.9 Å². The molecule has 4 aromatic heterocycles. The van der Waals surface area contributed by atoms with Gasteiger partial charge in [0.15, 0.2) is 27.1 Å². The first-order valence-corrected chi connectivity index (χ1v) is 14.2. The molecule has 0 bridgehead atoms. The summed E-state index contributed by atoms with van der Waals surface area (Å²) in [7, 11) is -1.22. The van der Waals surface area contributed by atoms with Gasteiger partial charge in [0.1, 0.15) is 24.6 Å². The van der Waals surface area contributed by atoms with Gasteiger partial charge in [0.2, 0.25) is 0 Å². The zero-order chi connectivity index (χ0) is 32.0. The molecule has 0 spiro atoms. The molecule has 12 nitrogen and oxygen atoms in total. The number of aryl methyl sites for hydroxylation is 1. The van der Waals surface area contributed by atoms with Crippen molar-refractivity contribution in [3.63, 3.8) is 0 Å². The van der Waals surface area contributed by atoms with Crippen LogP contribution in [0, 0.1) is 0 Å². The van der Waals surface area contributed by atoms with Crippen molar-refractivity contribution in [2.75, 3.05) is 12.9 Å². The standard InChI is InChI=1S/C26H21F5N8O4S/c1-4-44(41,42)19-9-10-20(39-24(40)38(14-33-39)17-7-5-15(6-8-17)12-34-43-3)36-21(19)23-35-18-11-16(13-32-22(18)37(23)2)25(27,28)26(29,30)31/h5-14H,4H2,1-3H3/b34-12+. The molecule has 0 atom stereocenters. The van der Waals surface area contributed by atoms with Gasteiger partial charge in [-0.2, -0.15) is 31.7 Å². The highest BCUT2D eigenvalue weighted by Crippen LogP contribution is 2.44. The lowest BCUT2D eigenvalue weighted by molar-refractivity contribution is -0.289. The van der Waals surface area contributed by atoms with Crippen molar-refractivity contribution in [2.24, 2.45) is 12.2 Å². The molecule has 0 radical (unpaired) electrons. The third kappa shape index (κ3) is 5.20. The highest BCUT2D eigenvalue weighted by molar-refractivity contribution is 7.91. The fraction of sp³-hybridized carbons (Fsp3) is 0.231. The van der Waals surface area contributed by atoms with Crippen LogP contribution in [-0.2, 0) is 27.6 Å². The molecule has 0 fully saturated rings. The maximum atomic E-state index is 14.0. The van der Waals surface area contributed by atoms with Gasteiger partial charge in [0.25, 0.3) is 0 Å². The Morgan fingerprint density at radius 1 is 1.05 bits per heavy atom. The van der Waals surface area contributed by atoms with Gasteiger partial charge in [-0.1, -0.05) is 24.2 Å². The molecule has 0 saturated heterocycles. The van der Waals surface area contributed by atoms with Crippen LogP contribution in [0.4, 0.5) is 22.0 Å². The normalized spacial score (nSPS) is 12.8. The molecule has 0 N–H and O–H groups in total. The van der Waals surface area contributed by atoms with Crippen LogP contribution in [0.1, 0.15) is 18.1 Å². The molecule has 0 saturated carbocycles. The Bertz CT molecular complexity index is 2070. The lowest BCUT2D eigenvalue weighted by atomic mass is 10.1. The number of hydrogen-bond donors (Lipinski definition) is 0. The summed E-state index contributed by atoms with van der Waals surface area (Å²) in [6, 6.07) is 9.57. The predicted octanol–water partition coefficient (Wildman–Crippen LogP) is 3.79. The molecular formula is C26H21F5N8O4S. The number of oxime groups is 1. The molecule has 0 aliphatic heterocycles. The summed E-state index contributed by atoms with van der Waals surface area (Å²) in [5.41, 5.74) is -1.75. The lowest BCUT2D eigenvalue weighted by Crippen LogP contribution is -2.33. The van der Waals surface area contributed by atoms with Gasteiger partial charge in [-0.25, -0.2) is 32.7 Å². The first-order valence-electron chi connectivity index (χ1n) is 12.5. The Morgan fingerprint density at radius 3 is 2.39 bits per heavy atom. The van der Waals surface area contributed by atoms with Crippen LogP contribution < -0.4 is 5.69 Å². The second kappa shape index (κ2) is 10.9. The predicted molar refractivity (Wildman–Crippen MR) is 147 cm³/mol. The molecule has 230 valence electrons. The van der Waals surface area contributed by atoms with Gasteiger partial charge in [0, 0.05) is 13.2 Å². The minimum absolute atomic E-state index is 0.116. The number of fused-ring (bicyclic) bond motifs is 1. The lowest BCUT2D eigenvalue weighted by Gasteiger charge is -2.19. The topological polar surface area (TPSA) is 139 Å². The van der Waals surface area contributed by atoms with E-state index in [-0.39, 0.29) is 39.1 Å². The Balaban J connectivity index is 1.64. The van der Waals surface area contributed by atoms with Crippen LogP contribution >= 0.6 is 0 Å². The minimum Gasteiger partial charge on any atom is -0.399 e. The molecule has 18 heteroatoms. The fourth-order valence-corrected chi connectivity index (χ4v) is 5.23. The van der Waals surface area contributed by atoms with Crippen LogP contribution in [0.25, 0.3) is 34.2 Å². The summed E-state index contributed by atoms with van der Waals surface area (Å²) < 4.78 is 96.2. The number of benzene rings is 1. The van der Waals surface area contributed by atoms with E-state index in [1.54, 1.807) is 24.3 Å². The maximum absolute atomic E-state index is 14.0. The van der Waals surface area contributed by atoms with Crippen molar-refractivity contribution in [2.45, 2.75) is 23.9 Å². The summed E-state index contributed by atoms with van der Waals surface area (Å²) in [6.07, 6.45) is -2.82. The third-order valence-corrected chi connectivity index (χ3v) is 8.32. The smallest absolute Gasteiger partial charge is 0.399 e. The number of rotatable bonds is 8. The number of imidazole rings is 1. The van der Waals surface area contributed by atoms with Gasteiger partial charge in [-0.3, -0.25) is 0 Å². The highest BCUT2D eigenvalue weighted by Gasteiger charge is 2.59. The number of aromatic nitrogens is 7. The van der Waals surface area contributed by atoms with E-state index in [0.717, 1.165) is 4.68 Å². The van der Waals surface area contributed by atoms with Gasteiger partial charge in [-0.05, 0) is 35.9 Å². The van der Waals surface area contributed by atoms with Crippen molar-refractivity contribution in [3.8, 4) is 23.0 Å². The second-order valence-electron chi connectivity index (χ2n) is 9.26. The Hall–Kier alpha value is -5.00. The van der Waals surface area contributed by atoms with Crippen LogP contribution in [0.2, 0.25) is 0 Å². The van der Waals surface area contributed by atoms with Crippen molar-refractivity contribution in [3.05, 3.63) is 76.6 Å². The van der Waals surface area contributed by atoms with Crippen molar-refractivity contribution < 1.29 is 35.2 Å². The zero-order valence-electron chi connectivity index (χ0n) is 23.0. The molecule has 5 rings (SSSR count). The van der Waals surface area contributed by atoms with Gasteiger partial charge < -0.3 is 9.40 Å². The monoisotopic (exact) mass is 636 g/mol. The fourth-order valence-electron chi connectivity index (χ4n) is 4.22. The first-order chi connectivity index (χ1) is 20.7. The molecule has 0 unspecified atom stereocenters. The van der Waals surface area contributed by atoms with E-state index in [1.807, 2.05) is 0 Å². The number of sulfone groups is 1. The largest absolute Gasteiger partial charge is 0.458 e. The Morgan fingerprint density at radius 2 is 1.75 bits per heavy atom. The van der Waals surface area contributed by atoms with Gasteiger partial charge in [-0.15, -0.1) is 0 Å². The van der Waals surface area contributed by atoms with Crippen LogP contribution in [0.15, 0.2) is 69.8 Å². The number of halogens is 5. The van der Waals surface area contributed by atoms with E-state index in [2.05, 4.69) is 30.0 Å². The summed E-state index contributed by atoms with van der Waals surface area (Å²) in [5, 5.41) is 7.75. The summed E-state index contributed by atoms with van der Waals surface area (Å²) >= 11 is 0. The third-order valence-electron chi connectivity index (χ3n) is 6.56. The second-order valence-corrected chi connectivity index (χ2v) is 11.5. The SMILES string of the molecule is CCS(=O)(=O)c1ccc(-n2ncn(-c3ccc(/C=N/OC)cc3)c2=O)nc1-c1nc2cc(C(F)(F)C(F)(F)F)cnc2n1C. The van der Waals surface area contributed by atoms with Crippen molar-refractivity contribution in [1.82, 2.24) is 33.9 Å². The van der Waals surface area contributed by atoms with E-state index >= 15 is 0 Å². The van der Waals surface area contributed by atoms with E-state index in [4.69, 9.17) is 0 Å². The number of hydrogen-bond acceptors (Lipinski definition) is 9. The van der Waals surface area contributed by atoms with Crippen molar-refractivity contribution in [1.29, 1.82) is 0 Å². The number of nitrogens with zero attached hydrogens (tertiary/aromatic N) is 8. The quantitative estimate of drug-likeness (QED) is 0.142. The summed E-state index contributed by atoms with van der Waals surface area (Å²) in [4.78, 5) is 29.8. The minimum atomic E-state index is -5.88. The molecule has 0 aliphatic rings. The molecule has 44 heavy (non-hydrogen) atoms. The first kappa shape index (κ1) is 30.5. The molecule has 4 heterocycles. The van der Waals surface area contributed by atoms with E-state index in [9.17, 15) is 35.2 Å². The average Bonchev–Trinajstić information content (AvgIpc) is 3.54. The molecule has 0 aliphatic carbocycles. The molecule has 1 aromatic carbocycles. The summed E-state index contributed by atoms with van der Waals surface area (Å²) in [5.74, 6) is -5.90. The van der Waals surface area contributed by atoms with Crippen molar-refractivity contribution >= 4 is 27.2 Å². The summed E-state index contributed by atoms with van der Waals surface area (Å²) in [6.45, 7) is 1.38. The van der Waals surface area contributed by atoms with Crippen LogP contribution in [0.3, 0.4) is 0 Å². The van der Waals surface area contributed by atoms with E-state index in [0.29, 0.717) is 23.5 Å². The molecule has 5 aromatic rings. The highest BCUT2D eigenvalue weighted by atomic mass is 32.2. The van der Waals surface area contributed by atoms with E-state index < -0.39 is 33.2 Å². The Kier molecular flexibility index (Phi) is 7.56. The molecule has 0 amide bonds. The van der Waals surface area contributed by atoms with Gasteiger partial charge >= 0.3 is 17.8 Å².